The predicted molar refractivity (Wildman–Crippen MR) is 137 cm³/mol. The number of halogens is 2. The molecule has 5 aromatic rings. The first-order chi connectivity index (χ1) is 16.9. The number of para-hydroxylation sites is 1. The zero-order valence-electron chi connectivity index (χ0n) is 18.3. The third-order valence-electron chi connectivity index (χ3n) is 5.49. The van der Waals surface area contributed by atoms with Gasteiger partial charge >= 0.3 is 5.76 Å². The molecule has 5 rings (SSSR count). The minimum absolute atomic E-state index is 0.153. The number of hydrogen-bond acceptors (Lipinski definition) is 5. The Kier molecular flexibility index (Phi) is 6.19. The smallest absolute Gasteiger partial charge is 0.439 e. The van der Waals surface area contributed by atoms with Crippen molar-refractivity contribution in [3.8, 4) is 17.1 Å². The molecule has 176 valence electrons. The van der Waals surface area contributed by atoms with Crippen molar-refractivity contribution in [3.05, 3.63) is 98.0 Å². The van der Waals surface area contributed by atoms with Crippen LogP contribution in [0.15, 0.2) is 80.5 Å². The molecule has 10 heteroatoms. The summed E-state index contributed by atoms with van der Waals surface area (Å²) in [7, 11) is 1.80. The van der Waals surface area contributed by atoms with E-state index in [1.807, 2.05) is 48.5 Å². The van der Waals surface area contributed by atoms with Crippen LogP contribution in [0.4, 0.5) is 5.69 Å². The third-order valence-corrected chi connectivity index (χ3v) is 6.53. The molecule has 0 saturated carbocycles. The molecule has 2 heterocycles. The molecule has 0 aliphatic rings. The van der Waals surface area contributed by atoms with Gasteiger partial charge in [0.15, 0.2) is 5.82 Å². The number of aromatic amines is 1. The summed E-state index contributed by atoms with van der Waals surface area (Å²) in [6.45, 7) is 0.397. The van der Waals surface area contributed by atoms with E-state index in [1.165, 1.54) is 0 Å². The van der Waals surface area contributed by atoms with Crippen LogP contribution in [0.1, 0.15) is 16.1 Å². The topological polar surface area (TPSA) is 102 Å². The Balaban J connectivity index is 1.50. The predicted octanol–water partition coefficient (Wildman–Crippen LogP) is 5.77. The number of ether oxygens (including phenoxy) is 1. The average molecular weight is 554 g/mol. The van der Waals surface area contributed by atoms with Crippen molar-refractivity contribution in [2.45, 2.75) is 6.61 Å². The van der Waals surface area contributed by atoms with Crippen molar-refractivity contribution in [1.29, 1.82) is 0 Å². The van der Waals surface area contributed by atoms with Gasteiger partial charge in [-0.15, -0.1) is 0 Å². The molecule has 0 aliphatic carbocycles. The molecule has 0 bridgehead atoms. The first kappa shape index (κ1) is 22.9. The van der Waals surface area contributed by atoms with E-state index < -0.39 is 5.76 Å². The normalized spacial score (nSPS) is 11.1. The van der Waals surface area contributed by atoms with Crippen LogP contribution in [0.25, 0.3) is 22.3 Å². The summed E-state index contributed by atoms with van der Waals surface area (Å²) < 4.78 is 13.1. The molecular weight excluding hydrogens is 536 g/mol. The highest BCUT2D eigenvalue weighted by Crippen LogP contribution is 2.37. The van der Waals surface area contributed by atoms with Gasteiger partial charge in [-0.3, -0.25) is 14.3 Å². The Hall–Kier alpha value is -3.82. The Morgan fingerprint density at radius 2 is 1.97 bits per heavy atom. The van der Waals surface area contributed by atoms with Crippen LogP contribution >= 0.6 is 27.5 Å². The van der Waals surface area contributed by atoms with Gasteiger partial charge in [0.1, 0.15) is 18.1 Å². The number of nitrogens with one attached hydrogen (secondary N) is 2. The lowest BCUT2D eigenvalue weighted by molar-refractivity contribution is 0.101. The van der Waals surface area contributed by atoms with Crippen LogP contribution in [-0.2, 0) is 13.7 Å². The molecule has 0 saturated heterocycles. The lowest BCUT2D eigenvalue weighted by Gasteiger charge is -2.12. The van der Waals surface area contributed by atoms with Crippen molar-refractivity contribution in [3.63, 3.8) is 0 Å². The number of H-pyrrole nitrogens is 1. The summed E-state index contributed by atoms with van der Waals surface area (Å²) >= 11 is 9.73. The largest absolute Gasteiger partial charge is 0.487 e. The summed E-state index contributed by atoms with van der Waals surface area (Å²) in [4.78, 5) is 27.4. The molecule has 2 N–H and O–H groups in total. The van der Waals surface area contributed by atoms with Crippen LogP contribution in [0, 0.1) is 0 Å². The van der Waals surface area contributed by atoms with Crippen LogP contribution in [0.5, 0.6) is 5.75 Å². The van der Waals surface area contributed by atoms with Crippen molar-refractivity contribution >= 4 is 50.0 Å². The highest BCUT2D eigenvalue weighted by atomic mass is 79.9. The van der Waals surface area contributed by atoms with Gasteiger partial charge in [0.05, 0.1) is 15.7 Å². The van der Waals surface area contributed by atoms with Gasteiger partial charge in [-0.25, -0.2) is 4.79 Å². The quantitative estimate of drug-likeness (QED) is 0.278. The first-order valence-corrected chi connectivity index (χ1v) is 11.7. The number of carbonyl (C=O) groups is 1. The standard InChI is InChI=1S/C25H18BrClN4O4/c1-31-21-16(8-5-9-19(21)34-13-14-6-3-2-4-7-14)20(26)22(31)24(32)28-18-11-10-15(27)12-17(18)23-29-25(33)35-30-23/h2-12H,13H2,1H3,(H,28,32)(H,29,30,33). The van der Waals surface area contributed by atoms with Gasteiger partial charge in [0.2, 0.25) is 0 Å². The lowest BCUT2D eigenvalue weighted by Crippen LogP contribution is -2.17. The molecule has 8 nitrogen and oxygen atoms in total. The van der Waals surface area contributed by atoms with Gasteiger partial charge in [0, 0.05) is 23.0 Å². The minimum Gasteiger partial charge on any atom is -0.487 e. The number of amides is 1. The SMILES string of the molecule is Cn1c(C(=O)Nc2ccc(Cl)cc2-c2noc(=O)[nH]2)c(Br)c2cccc(OCc3ccccc3)c21. The van der Waals surface area contributed by atoms with E-state index in [2.05, 4.69) is 35.9 Å². The monoisotopic (exact) mass is 552 g/mol. The Morgan fingerprint density at radius 1 is 1.17 bits per heavy atom. The second-order valence-electron chi connectivity index (χ2n) is 7.74. The van der Waals surface area contributed by atoms with E-state index in [0.717, 1.165) is 16.5 Å². The van der Waals surface area contributed by atoms with Crippen LogP contribution < -0.4 is 15.8 Å². The van der Waals surface area contributed by atoms with Gasteiger partial charge < -0.3 is 14.6 Å². The maximum Gasteiger partial charge on any atom is 0.439 e. The van der Waals surface area contributed by atoms with Gasteiger partial charge in [-0.2, -0.15) is 0 Å². The summed E-state index contributed by atoms with van der Waals surface area (Å²) in [5, 5.41) is 7.84. The fourth-order valence-corrected chi connectivity index (χ4v) is 4.82. The summed E-state index contributed by atoms with van der Waals surface area (Å²) in [5.41, 5.74) is 3.03. The minimum atomic E-state index is -0.711. The fraction of sp³-hybridized carbons (Fsp3) is 0.0800. The summed E-state index contributed by atoms with van der Waals surface area (Å²) in [6.07, 6.45) is 0. The average Bonchev–Trinajstić information content (AvgIpc) is 3.40. The summed E-state index contributed by atoms with van der Waals surface area (Å²) in [5.74, 6) is -0.280. The number of aryl methyl sites for hydroxylation is 1. The van der Waals surface area contributed by atoms with Crippen molar-refractivity contribution < 1.29 is 14.1 Å². The molecule has 0 fully saturated rings. The van der Waals surface area contributed by atoms with Crippen LogP contribution in [-0.4, -0.2) is 20.6 Å². The van der Waals surface area contributed by atoms with E-state index in [4.69, 9.17) is 16.3 Å². The number of carbonyl (C=O) groups excluding carboxylic acids is 1. The molecule has 0 atom stereocenters. The third kappa shape index (κ3) is 4.48. The first-order valence-electron chi connectivity index (χ1n) is 10.5. The van der Waals surface area contributed by atoms with Crippen molar-refractivity contribution in [2.75, 3.05) is 5.32 Å². The van der Waals surface area contributed by atoms with Crippen molar-refractivity contribution in [2.24, 2.45) is 7.05 Å². The number of nitrogens with zero attached hydrogens (tertiary/aromatic N) is 2. The molecule has 35 heavy (non-hydrogen) atoms. The molecule has 0 spiro atoms. The molecular formula is C25H18BrClN4O4. The number of benzene rings is 3. The maximum atomic E-state index is 13.4. The number of aromatic nitrogens is 3. The van der Waals surface area contributed by atoms with Gasteiger partial charge in [-0.05, 0) is 45.8 Å². The van der Waals surface area contributed by atoms with Crippen LogP contribution in [0.3, 0.4) is 0 Å². The molecule has 0 unspecified atom stereocenters. The maximum absolute atomic E-state index is 13.4. The summed E-state index contributed by atoms with van der Waals surface area (Å²) in [6, 6.07) is 20.4. The second-order valence-corrected chi connectivity index (χ2v) is 8.97. The second kappa shape index (κ2) is 9.44. The lowest BCUT2D eigenvalue weighted by atomic mass is 10.1. The van der Waals surface area contributed by atoms with Gasteiger partial charge in [-0.1, -0.05) is 59.2 Å². The Labute approximate surface area is 212 Å². The zero-order valence-corrected chi connectivity index (χ0v) is 20.7. The molecule has 0 aliphatic heterocycles. The molecule has 2 aromatic heterocycles. The van der Waals surface area contributed by atoms with Gasteiger partial charge in [0.25, 0.3) is 5.91 Å². The number of rotatable bonds is 6. The fourth-order valence-electron chi connectivity index (χ4n) is 3.88. The van der Waals surface area contributed by atoms with E-state index in [9.17, 15) is 9.59 Å². The molecule has 3 aromatic carbocycles. The highest BCUT2D eigenvalue weighted by molar-refractivity contribution is 9.10. The molecule has 0 radical (unpaired) electrons. The highest BCUT2D eigenvalue weighted by Gasteiger charge is 2.23. The van der Waals surface area contributed by atoms with Crippen molar-refractivity contribution in [1.82, 2.24) is 14.7 Å². The Bertz CT molecular complexity index is 1610. The number of hydrogen-bond donors (Lipinski definition) is 2. The number of fused-ring (bicyclic) bond motifs is 1. The van der Waals surface area contributed by atoms with E-state index in [-0.39, 0.29) is 11.7 Å². The van der Waals surface area contributed by atoms with E-state index in [1.54, 1.807) is 29.8 Å². The number of anilines is 1. The van der Waals surface area contributed by atoms with E-state index >= 15 is 0 Å². The Morgan fingerprint density at radius 3 is 2.71 bits per heavy atom. The van der Waals surface area contributed by atoms with Crippen LogP contribution in [0.2, 0.25) is 5.02 Å². The van der Waals surface area contributed by atoms with E-state index in [0.29, 0.717) is 38.8 Å². The molecule has 1 amide bonds. The zero-order chi connectivity index (χ0) is 24.5.